The van der Waals surface area contributed by atoms with Crippen LogP contribution in [0, 0.1) is 0 Å². The van der Waals surface area contributed by atoms with E-state index in [9.17, 15) is 4.79 Å². The van der Waals surface area contributed by atoms with Crippen LogP contribution in [0.4, 0.5) is 5.69 Å². The van der Waals surface area contributed by atoms with Crippen molar-refractivity contribution in [2.45, 2.75) is 31.8 Å². The van der Waals surface area contributed by atoms with Gasteiger partial charge in [0.2, 0.25) is 0 Å². The van der Waals surface area contributed by atoms with Crippen molar-refractivity contribution in [3.05, 3.63) is 23.8 Å². The number of carbonyl (C=O) groups excluding carboxylic acids is 1. The molecule has 0 radical (unpaired) electrons. The van der Waals surface area contributed by atoms with Crippen molar-refractivity contribution in [2.75, 3.05) is 26.1 Å². The molecular weight excluding hydrogens is 258 g/mol. The highest BCUT2D eigenvalue weighted by molar-refractivity contribution is 5.93. The minimum absolute atomic E-state index is 0.361. The highest BCUT2D eigenvalue weighted by Crippen LogP contribution is 2.23. The Kier molecular flexibility index (Phi) is 5.24. The summed E-state index contributed by atoms with van der Waals surface area (Å²) in [5.74, 6) is 0.0586. The smallest absolute Gasteiger partial charge is 0.341 e. The summed E-state index contributed by atoms with van der Waals surface area (Å²) in [7, 11) is 1.35. The van der Waals surface area contributed by atoms with Gasteiger partial charge in [-0.3, -0.25) is 0 Å². The minimum Gasteiger partial charge on any atom is -0.493 e. The van der Waals surface area contributed by atoms with Crippen LogP contribution in [0.25, 0.3) is 0 Å². The maximum Gasteiger partial charge on any atom is 0.341 e. The first-order valence-corrected chi connectivity index (χ1v) is 6.93. The maximum absolute atomic E-state index is 11.6. The van der Waals surface area contributed by atoms with Crippen molar-refractivity contribution >= 4 is 11.7 Å². The maximum atomic E-state index is 11.6. The summed E-state index contributed by atoms with van der Waals surface area (Å²) in [6, 6.07) is 4.93. The number of methoxy groups -OCH3 is 1. The molecule has 0 aliphatic carbocycles. The number of benzene rings is 1. The second-order valence-electron chi connectivity index (χ2n) is 4.87. The molecule has 1 saturated heterocycles. The average molecular weight is 279 g/mol. The second-order valence-corrected chi connectivity index (χ2v) is 4.87. The van der Waals surface area contributed by atoms with E-state index < -0.39 is 5.97 Å². The van der Waals surface area contributed by atoms with Crippen LogP contribution < -0.4 is 10.5 Å². The third-order valence-corrected chi connectivity index (χ3v) is 3.36. The van der Waals surface area contributed by atoms with E-state index in [0.717, 1.165) is 32.3 Å². The van der Waals surface area contributed by atoms with Crippen molar-refractivity contribution in [3.8, 4) is 5.75 Å². The first kappa shape index (κ1) is 14.7. The van der Waals surface area contributed by atoms with Gasteiger partial charge in [-0.15, -0.1) is 0 Å². The largest absolute Gasteiger partial charge is 0.493 e. The van der Waals surface area contributed by atoms with Crippen molar-refractivity contribution < 1.29 is 19.0 Å². The van der Waals surface area contributed by atoms with Crippen LogP contribution >= 0.6 is 0 Å². The highest BCUT2D eigenvalue weighted by atomic mass is 16.5. The molecule has 5 nitrogen and oxygen atoms in total. The van der Waals surface area contributed by atoms with Gasteiger partial charge in [0.05, 0.1) is 19.8 Å². The Morgan fingerprint density at radius 1 is 1.50 bits per heavy atom. The van der Waals surface area contributed by atoms with E-state index in [1.165, 1.54) is 7.11 Å². The van der Waals surface area contributed by atoms with Gasteiger partial charge in [0, 0.05) is 18.4 Å². The molecule has 0 spiro atoms. The standard InChI is InChI=1S/C15H21NO4/c1-18-15(17)13-7-6-11(16)10-14(13)20-9-3-5-12-4-2-8-19-12/h6-7,10,12H,2-5,8-9,16H2,1H3. The van der Waals surface area contributed by atoms with E-state index >= 15 is 0 Å². The molecule has 1 heterocycles. The van der Waals surface area contributed by atoms with Gasteiger partial charge >= 0.3 is 5.97 Å². The summed E-state index contributed by atoms with van der Waals surface area (Å²) in [6.45, 7) is 1.40. The van der Waals surface area contributed by atoms with Crippen molar-refractivity contribution in [2.24, 2.45) is 0 Å². The van der Waals surface area contributed by atoms with Gasteiger partial charge in [-0.2, -0.15) is 0 Å². The summed E-state index contributed by atoms with van der Waals surface area (Å²) < 4.78 is 15.9. The second kappa shape index (κ2) is 7.14. The van der Waals surface area contributed by atoms with E-state index in [1.54, 1.807) is 18.2 Å². The number of rotatable bonds is 6. The Bertz CT molecular complexity index is 455. The molecule has 1 fully saturated rings. The molecule has 110 valence electrons. The van der Waals surface area contributed by atoms with Crippen LogP contribution in [-0.2, 0) is 9.47 Å². The van der Waals surface area contributed by atoms with Gasteiger partial charge in [-0.25, -0.2) is 4.79 Å². The number of hydrogen-bond acceptors (Lipinski definition) is 5. The lowest BCUT2D eigenvalue weighted by Gasteiger charge is -2.12. The molecule has 1 aromatic rings. The molecule has 1 unspecified atom stereocenters. The number of nitrogen functional groups attached to an aromatic ring is 1. The summed E-state index contributed by atoms with van der Waals surface area (Å²) >= 11 is 0. The topological polar surface area (TPSA) is 70.8 Å². The number of esters is 1. The summed E-state index contributed by atoms with van der Waals surface area (Å²) in [5.41, 5.74) is 6.68. The molecule has 2 rings (SSSR count). The molecule has 1 aromatic carbocycles. The van der Waals surface area contributed by atoms with E-state index in [4.69, 9.17) is 19.9 Å². The molecule has 0 amide bonds. The fourth-order valence-electron chi connectivity index (χ4n) is 2.30. The number of hydrogen-bond donors (Lipinski definition) is 1. The monoisotopic (exact) mass is 279 g/mol. The third-order valence-electron chi connectivity index (χ3n) is 3.36. The zero-order valence-electron chi connectivity index (χ0n) is 11.8. The van der Waals surface area contributed by atoms with E-state index in [0.29, 0.717) is 29.7 Å². The molecule has 20 heavy (non-hydrogen) atoms. The number of anilines is 1. The first-order valence-electron chi connectivity index (χ1n) is 6.93. The molecule has 0 bridgehead atoms. The SMILES string of the molecule is COC(=O)c1ccc(N)cc1OCCCC1CCCO1. The van der Waals surface area contributed by atoms with Gasteiger partial charge in [-0.1, -0.05) is 0 Å². The number of carbonyl (C=O) groups is 1. The Balaban J connectivity index is 1.87. The van der Waals surface area contributed by atoms with Crippen LogP contribution in [0.1, 0.15) is 36.0 Å². The highest BCUT2D eigenvalue weighted by Gasteiger charge is 2.16. The fraction of sp³-hybridized carbons (Fsp3) is 0.533. The molecule has 1 atom stereocenters. The molecular formula is C15H21NO4. The fourth-order valence-corrected chi connectivity index (χ4v) is 2.30. The lowest BCUT2D eigenvalue weighted by Crippen LogP contribution is -2.10. The Labute approximate surface area is 119 Å². The van der Waals surface area contributed by atoms with Gasteiger partial charge in [0.1, 0.15) is 11.3 Å². The Hall–Kier alpha value is -1.75. The van der Waals surface area contributed by atoms with Crippen molar-refractivity contribution in [3.63, 3.8) is 0 Å². The lowest BCUT2D eigenvalue weighted by molar-refractivity contribution is 0.0595. The van der Waals surface area contributed by atoms with Gasteiger partial charge in [0.25, 0.3) is 0 Å². The van der Waals surface area contributed by atoms with E-state index in [-0.39, 0.29) is 0 Å². The Morgan fingerprint density at radius 3 is 3.05 bits per heavy atom. The first-order chi connectivity index (χ1) is 9.70. The van der Waals surface area contributed by atoms with Crippen LogP contribution in [0.15, 0.2) is 18.2 Å². The van der Waals surface area contributed by atoms with Crippen molar-refractivity contribution in [1.29, 1.82) is 0 Å². The average Bonchev–Trinajstić information content (AvgIpc) is 2.96. The summed E-state index contributed by atoms with van der Waals surface area (Å²) in [4.78, 5) is 11.6. The van der Waals surface area contributed by atoms with Gasteiger partial charge in [0.15, 0.2) is 0 Å². The Morgan fingerprint density at radius 2 is 2.35 bits per heavy atom. The molecule has 1 aliphatic rings. The molecule has 2 N–H and O–H groups in total. The van der Waals surface area contributed by atoms with Crippen LogP contribution in [-0.4, -0.2) is 32.4 Å². The van der Waals surface area contributed by atoms with Crippen LogP contribution in [0.2, 0.25) is 0 Å². The lowest BCUT2D eigenvalue weighted by atomic mass is 10.1. The minimum atomic E-state index is -0.417. The molecule has 0 saturated carbocycles. The molecule has 0 aromatic heterocycles. The predicted octanol–water partition coefficient (Wildman–Crippen LogP) is 2.39. The predicted molar refractivity (Wildman–Crippen MR) is 75.9 cm³/mol. The van der Waals surface area contributed by atoms with E-state index in [2.05, 4.69) is 0 Å². The summed E-state index contributed by atoms with van der Waals surface area (Å²) in [6.07, 6.45) is 4.51. The zero-order valence-corrected chi connectivity index (χ0v) is 11.8. The number of nitrogens with two attached hydrogens (primary N) is 1. The normalized spacial score (nSPS) is 17.9. The van der Waals surface area contributed by atoms with E-state index in [1.807, 2.05) is 0 Å². The third kappa shape index (κ3) is 3.87. The number of ether oxygens (including phenoxy) is 3. The summed E-state index contributed by atoms with van der Waals surface area (Å²) in [5, 5.41) is 0. The molecule has 5 heteroatoms. The van der Waals surface area contributed by atoms with Crippen molar-refractivity contribution in [1.82, 2.24) is 0 Å². The van der Waals surface area contributed by atoms with Crippen LogP contribution in [0.5, 0.6) is 5.75 Å². The van der Waals surface area contributed by atoms with Gasteiger partial charge < -0.3 is 19.9 Å². The molecule has 1 aliphatic heterocycles. The zero-order chi connectivity index (χ0) is 14.4. The van der Waals surface area contributed by atoms with Gasteiger partial charge in [-0.05, 0) is 37.8 Å². The quantitative estimate of drug-likeness (QED) is 0.492. The van der Waals surface area contributed by atoms with Crippen LogP contribution in [0.3, 0.4) is 0 Å².